The number of amides is 2. The summed E-state index contributed by atoms with van der Waals surface area (Å²) in [5, 5.41) is 0. The quantitative estimate of drug-likeness (QED) is 0.306. The molecule has 0 aliphatic carbocycles. The van der Waals surface area contributed by atoms with Crippen LogP contribution in [0.5, 0.6) is 0 Å². The van der Waals surface area contributed by atoms with Crippen LogP contribution >= 0.6 is 0 Å². The van der Waals surface area contributed by atoms with Gasteiger partial charge in [-0.15, -0.1) is 0 Å². The zero-order valence-electron chi connectivity index (χ0n) is 17.5. The van der Waals surface area contributed by atoms with Gasteiger partial charge in [0.1, 0.15) is 34.4 Å². The molecule has 0 spiro atoms. The van der Waals surface area contributed by atoms with Gasteiger partial charge in [-0.2, -0.15) is 0 Å². The number of carbonyl (C=O) groups is 2. The van der Waals surface area contributed by atoms with Crippen molar-refractivity contribution in [3.8, 4) is 0 Å². The van der Waals surface area contributed by atoms with Crippen molar-refractivity contribution in [2.24, 2.45) is 0 Å². The van der Waals surface area contributed by atoms with E-state index in [-0.39, 0.29) is 11.1 Å². The van der Waals surface area contributed by atoms with Gasteiger partial charge in [-0.3, -0.25) is 14.5 Å². The highest BCUT2D eigenvalue weighted by molar-refractivity contribution is 6.11. The number of nitrogens with zero attached hydrogens (tertiary/aromatic N) is 1. The predicted octanol–water partition coefficient (Wildman–Crippen LogP) is 6.11. The van der Waals surface area contributed by atoms with Crippen LogP contribution < -0.4 is 0 Å². The Labute approximate surface area is 173 Å². The lowest BCUT2D eigenvalue weighted by Gasteiger charge is -2.28. The van der Waals surface area contributed by atoms with Crippen molar-refractivity contribution in [3.63, 3.8) is 0 Å². The summed E-state index contributed by atoms with van der Waals surface area (Å²) in [5.41, 5.74) is -1.81. The average Bonchev–Trinajstić information content (AvgIpc) is 2.68. The zero-order chi connectivity index (χ0) is 22.6. The Hall–Kier alpha value is -2.70. The normalized spacial score (nSPS) is 12.0. The number of halogens is 4. The van der Waals surface area contributed by atoms with Gasteiger partial charge in [0, 0.05) is 6.04 Å². The molecule has 7 heteroatoms. The van der Waals surface area contributed by atoms with Gasteiger partial charge in [-0.05, 0) is 50.5 Å². The van der Waals surface area contributed by atoms with Crippen LogP contribution in [0.1, 0.15) is 71.4 Å². The number of unbranched alkanes of at least 4 members (excludes halogenated alkanes) is 2. The first-order valence-corrected chi connectivity index (χ1v) is 9.88. The number of benzene rings is 2. The van der Waals surface area contributed by atoms with E-state index in [1.807, 2.05) is 6.92 Å². The molecule has 0 bridgehead atoms. The van der Waals surface area contributed by atoms with E-state index in [0.29, 0.717) is 17.7 Å². The lowest BCUT2D eigenvalue weighted by atomic mass is 10.0. The van der Waals surface area contributed by atoms with Crippen LogP contribution in [0.15, 0.2) is 24.3 Å². The Bertz CT molecular complexity index is 889. The van der Waals surface area contributed by atoms with Crippen LogP contribution in [0, 0.1) is 37.1 Å². The second-order valence-electron chi connectivity index (χ2n) is 7.43. The number of carbonyl (C=O) groups excluding carboxylic acids is 2. The number of hydrogen-bond donors (Lipinski definition) is 0. The van der Waals surface area contributed by atoms with Crippen LogP contribution in [0.4, 0.5) is 17.6 Å². The van der Waals surface area contributed by atoms with Crippen LogP contribution in [0.3, 0.4) is 0 Å². The van der Waals surface area contributed by atoms with Gasteiger partial charge in [0.15, 0.2) is 0 Å². The van der Waals surface area contributed by atoms with E-state index in [2.05, 4.69) is 0 Å². The highest BCUT2D eigenvalue weighted by atomic mass is 19.1. The van der Waals surface area contributed by atoms with Crippen LogP contribution in [0.2, 0.25) is 0 Å². The molecule has 0 fully saturated rings. The van der Waals surface area contributed by atoms with Crippen molar-refractivity contribution in [3.05, 3.63) is 69.8 Å². The number of hydrogen-bond acceptors (Lipinski definition) is 2. The first kappa shape index (κ1) is 23.6. The molecule has 2 aromatic rings. The molecule has 2 amide bonds. The Morgan fingerprint density at radius 2 is 1.27 bits per heavy atom. The Morgan fingerprint density at radius 1 is 0.833 bits per heavy atom. The molecule has 0 aromatic heterocycles. The number of rotatable bonds is 7. The molecule has 2 rings (SSSR count). The summed E-state index contributed by atoms with van der Waals surface area (Å²) in [7, 11) is 0. The lowest BCUT2D eigenvalue weighted by Crippen LogP contribution is -2.45. The maximum Gasteiger partial charge on any atom is 0.266 e. The van der Waals surface area contributed by atoms with Crippen LogP contribution in [-0.4, -0.2) is 22.8 Å². The van der Waals surface area contributed by atoms with Gasteiger partial charge in [-0.1, -0.05) is 38.3 Å². The minimum absolute atomic E-state index is 0.0127. The monoisotopic (exact) mass is 423 g/mol. The molecule has 1 atom stereocenters. The minimum atomic E-state index is -1.26. The number of aryl methyl sites for hydroxylation is 2. The standard InChI is InChI=1S/C23H25F4NO2/c1-5-6-7-8-15(4)28(22(29)18-16(24)11-9-13(2)20(18)26)23(30)19-17(25)12-10-14(3)21(19)27/h9-12,15H,5-8H2,1-4H3. The summed E-state index contributed by atoms with van der Waals surface area (Å²) in [4.78, 5) is 26.8. The summed E-state index contributed by atoms with van der Waals surface area (Å²) in [5.74, 6) is -7.03. The Kier molecular flexibility index (Phi) is 7.76. The third-order valence-corrected chi connectivity index (χ3v) is 5.10. The van der Waals surface area contributed by atoms with E-state index in [9.17, 15) is 27.2 Å². The van der Waals surface area contributed by atoms with E-state index in [1.54, 1.807) is 0 Å². The first-order valence-electron chi connectivity index (χ1n) is 9.88. The third-order valence-electron chi connectivity index (χ3n) is 5.10. The van der Waals surface area contributed by atoms with Gasteiger partial charge < -0.3 is 0 Å². The summed E-state index contributed by atoms with van der Waals surface area (Å²) < 4.78 is 57.9. The second kappa shape index (κ2) is 9.87. The van der Waals surface area contributed by atoms with Crippen molar-refractivity contribution in [2.45, 2.75) is 59.4 Å². The Morgan fingerprint density at radius 3 is 1.67 bits per heavy atom. The van der Waals surface area contributed by atoms with Crippen LogP contribution in [-0.2, 0) is 0 Å². The molecule has 0 radical (unpaired) electrons. The van der Waals surface area contributed by atoms with E-state index in [0.717, 1.165) is 37.1 Å². The zero-order valence-corrected chi connectivity index (χ0v) is 17.5. The molecule has 0 N–H and O–H groups in total. The SMILES string of the molecule is CCCCCC(C)N(C(=O)c1c(F)ccc(C)c1F)C(=O)c1c(F)ccc(C)c1F. The van der Waals surface area contributed by atoms with Crippen molar-refractivity contribution in [1.29, 1.82) is 0 Å². The Balaban J connectivity index is 2.59. The molecule has 1 unspecified atom stereocenters. The minimum Gasteiger partial charge on any atom is -0.271 e. The van der Waals surface area contributed by atoms with Crippen molar-refractivity contribution in [1.82, 2.24) is 4.90 Å². The average molecular weight is 423 g/mol. The van der Waals surface area contributed by atoms with Crippen molar-refractivity contribution >= 4 is 11.8 Å². The summed E-state index contributed by atoms with van der Waals surface area (Å²) in [6, 6.07) is 3.35. The topological polar surface area (TPSA) is 37.4 Å². The molecule has 0 saturated heterocycles. The van der Waals surface area contributed by atoms with E-state index >= 15 is 0 Å². The molecule has 0 aliphatic heterocycles. The van der Waals surface area contributed by atoms with E-state index in [1.165, 1.54) is 20.8 Å². The fraction of sp³-hybridized carbons (Fsp3) is 0.391. The lowest BCUT2D eigenvalue weighted by molar-refractivity contribution is 0.0537. The largest absolute Gasteiger partial charge is 0.271 e. The van der Waals surface area contributed by atoms with Gasteiger partial charge in [0.05, 0.1) is 0 Å². The predicted molar refractivity (Wildman–Crippen MR) is 106 cm³/mol. The molecular weight excluding hydrogens is 398 g/mol. The second-order valence-corrected chi connectivity index (χ2v) is 7.43. The number of imide groups is 1. The molecular formula is C23H25F4NO2. The van der Waals surface area contributed by atoms with Crippen molar-refractivity contribution < 1.29 is 27.2 Å². The fourth-order valence-electron chi connectivity index (χ4n) is 3.26. The van der Waals surface area contributed by atoms with E-state index in [4.69, 9.17) is 0 Å². The molecule has 3 nitrogen and oxygen atoms in total. The summed E-state index contributed by atoms with van der Waals surface area (Å²) in [6.07, 6.45) is 2.64. The highest BCUT2D eigenvalue weighted by Crippen LogP contribution is 2.25. The fourth-order valence-corrected chi connectivity index (χ4v) is 3.26. The molecule has 0 aliphatic rings. The third kappa shape index (κ3) is 4.71. The van der Waals surface area contributed by atoms with Gasteiger partial charge in [0.2, 0.25) is 0 Å². The molecule has 2 aromatic carbocycles. The van der Waals surface area contributed by atoms with E-state index < -0.39 is 52.3 Å². The maximum atomic E-state index is 14.6. The van der Waals surface area contributed by atoms with Gasteiger partial charge >= 0.3 is 0 Å². The highest BCUT2D eigenvalue weighted by Gasteiger charge is 2.35. The molecule has 30 heavy (non-hydrogen) atoms. The molecule has 162 valence electrons. The molecule has 0 saturated carbocycles. The first-order chi connectivity index (χ1) is 14.1. The van der Waals surface area contributed by atoms with Gasteiger partial charge in [-0.25, -0.2) is 17.6 Å². The smallest absolute Gasteiger partial charge is 0.266 e. The van der Waals surface area contributed by atoms with Crippen LogP contribution in [0.25, 0.3) is 0 Å². The summed E-state index contributed by atoms with van der Waals surface area (Å²) >= 11 is 0. The van der Waals surface area contributed by atoms with Gasteiger partial charge in [0.25, 0.3) is 11.8 Å². The summed E-state index contributed by atoms with van der Waals surface area (Å²) in [6.45, 7) is 6.18. The molecule has 0 heterocycles. The maximum absolute atomic E-state index is 14.6. The van der Waals surface area contributed by atoms with Crippen molar-refractivity contribution in [2.75, 3.05) is 0 Å².